The predicted octanol–water partition coefficient (Wildman–Crippen LogP) is 3.81. The van der Waals surface area contributed by atoms with Gasteiger partial charge in [0.25, 0.3) is 0 Å². The van der Waals surface area contributed by atoms with Gasteiger partial charge in [-0.05, 0) is 62.0 Å². The van der Waals surface area contributed by atoms with Crippen molar-refractivity contribution in [1.82, 2.24) is 20.0 Å². The molecule has 0 fully saturated rings. The standard InChI is InChI=1S/C19H24N4O/c1-3-7-23(8-4-2)14-9-13-11-20-17-6-5-15(16(10-14)18(13)17)19-21-12-24-22-19/h5-6,11-12,14,20H,3-4,7-10H2,1-2H3. The molecule has 0 saturated heterocycles. The van der Waals surface area contributed by atoms with Gasteiger partial charge in [-0.15, -0.1) is 0 Å². The van der Waals surface area contributed by atoms with Gasteiger partial charge < -0.3 is 9.51 Å². The van der Waals surface area contributed by atoms with Crippen LogP contribution in [0.25, 0.3) is 22.3 Å². The fourth-order valence-electron chi connectivity index (χ4n) is 4.11. The average Bonchev–Trinajstić information content (AvgIpc) is 3.26. The van der Waals surface area contributed by atoms with E-state index in [9.17, 15) is 0 Å². The van der Waals surface area contributed by atoms with Crippen molar-refractivity contribution < 1.29 is 4.52 Å². The fourth-order valence-corrected chi connectivity index (χ4v) is 4.11. The highest BCUT2D eigenvalue weighted by atomic mass is 16.5. The highest BCUT2D eigenvalue weighted by Crippen LogP contribution is 2.36. The molecule has 1 aromatic carbocycles. The predicted molar refractivity (Wildman–Crippen MR) is 94.9 cm³/mol. The zero-order chi connectivity index (χ0) is 16.5. The summed E-state index contributed by atoms with van der Waals surface area (Å²) in [7, 11) is 0. The second-order valence-corrected chi connectivity index (χ2v) is 6.68. The van der Waals surface area contributed by atoms with E-state index < -0.39 is 0 Å². The maximum atomic E-state index is 4.98. The second-order valence-electron chi connectivity index (χ2n) is 6.68. The normalized spacial score (nSPS) is 17.0. The van der Waals surface area contributed by atoms with Crippen LogP contribution in [-0.4, -0.2) is 39.2 Å². The summed E-state index contributed by atoms with van der Waals surface area (Å²) in [5.41, 5.74) is 5.09. The van der Waals surface area contributed by atoms with E-state index in [-0.39, 0.29) is 0 Å². The van der Waals surface area contributed by atoms with E-state index in [1.54, 1.807) is 0 Å². The van der Waals surface area contributed by atoms with Gasteiger partial charge in [0, 0.05) is 28.7 Å². The van der Waals surface area contributed by atoms with Crippen molar-refractivity contribution in [2.45, 2.75) is 45.6 Å². The molecule has 1 aliphatic carbocycles. The molecule has 0 saturated carbocycles. The number of rotatable bonds is 6. The summed E-state index contributed by atoms with van der Waals surface area (Å²) >= 11 is 0. The third kappa shape index (κ3) is 2.53. The molecule has 1 atom stereocenters. The van der Waals surface area contributed by atoms with Crippen molar-refractivity contribution in [3.8, 4) is 11.4 Å². The van der Waals surface area contributed by atoms with Crippen molar-refractivity contribution in [2.75, 3.05) is 13.1 Å². The lowest BCUT2D eigenvalue weighted by atomic mass is 9.85. The zero-order valence-corrected chi connectivity index (χ0v) is 14.4. The number of nitrogens with one attached hydrogen (secondary N) is 1. The van der Waals surface area contributed by atoms with Crippen molar-refractivity contribution in [1.29, 1.82) is 0 Å². The van der Waals surface area contributed by atoms with Crippen LogP contribution in [0.1, 0.15) is 37.8 Å². The minimum absolute atomic E-state index is 0.546. The van der Waals surface area contributed by atoms with Crippen molar-refractivity contribution >= 4 is 10.9 Å². The average molecular weight is 324 g/mol. The Morgan fingerprint density at radius 3 is 2.75 bits per heavy atom. The molecule has 5 nitrogen and oxygen atoms in total. The number of H-pyrrole nitrogens is 1. The number of benzene rings is 1. The van der Waals surface area contributed by atoms with Gasteiger partial charge in [0.15, 0.2) is 0 Å². The van der Waals surface area contributed by atoms with Crippen LogP contribution in [0.5, 0.6) is 0 Å². The largest absolute Gasteiger partial charge is 0.361 e. The summed E-state index contributed by atoms with van der Waals surface area (Å²) in [6, 6.07) is 4.80. The molecule has 0 spiro atoms. The van der Waals surface area contributed by atoms with Crippen molar-refractivity contribution in [2.24, 2.45) is 0 Å². The van der Waals surface area contributed by atoms with E-state index >= 15 is 0 Å². The highest BCUT2D eigenvalue weighted by molar-refractivity contribution is 5.92. The Bertz CT molecular complexity index is 815. The first-order chi connectivity index (χ1) is 11.8. The summed E-state index contributed by atoms with van der Waals surface area (Å²) < 4.78 is 4.98. The van der Waals surface area contributed by atoms with E-state index in [0.29, 0.717) is 11.9 Å². The second kappa shape index (κ2) is 6.40. The molecule has 2 heterocycles. The minimum Gasteiger partial charge on any atom is -0.361 e. The summed E-state index contributed by atoms with van der Waals surface area (Å²) in [5, 5.41) is 5.44. The molecule has 24 heavy (non-hydrogen) atoms. The first kappa shape index (κ1) is 15.4. The lowest BCUT2D eigenvalue weighted by molar-refractivity contribution is 0.192. The third-order valence-electron chi connectivity index (χ3n) is 5.07. The van der Waals surface area contributed by atoms with E-state index in [1.807, 2.05) is 0 Å². The molecule has 2 aromatic heterocycles. The van der Waals surface area contributed by atoms with Crippen LogP contribution in [0.4, 0.5) is 0 Å². The molecular formula is C19H24N4O. The Morgan fingerprint density at radius 1 is 1.21 bits per heavy atom. The monoisotopic (exact) mass is 324 g/mol. The van der Waals surface area contributed by atoms with Crippen LogP contribution < -0.4 is 0 Å². The maximum Gasteiger partial charge on any atom is 0.214 e. The molecule has 1 N–H and O–H groups in total. The van der Waals surface area contributed by atoms with Gasteiger partial charge >= 0.3 is 0 Å². The molecule has 0 radical (unpaired) electrons. The first-order valence-corrected chi connectivity index (χ1v) is 8.94. The van der Waals surface area contributed by atoms with Gasteiger partial charge in [-0.2, -0.15) is 4.98 Å². The van der Waals surface area contributed by atoms with Gasteiger partial charge in [-0.3, -0.25) is 4.90 Å². The number of aromatic amines is 1. The summed E-state index contributed by atoms with van der Waals surface area (Å²) in [4.78, 5) is 10.4. The van der Waals surface area contributed by atoms with E-state index in [2.05, 4.69) is 52.2 Å². The van der Waals surface area contributed by atoms with Crippen molar-refractivity contribution in [3.05, 3.63) is 35.9 Å². The fraction of sp³-hybridized carbons (Fsp3) is 0.474. The number of hydrogen-bond acceptors (Lipinski definition) is 4. The lowest BCUT2D eigenvalue weighted by Gasteiger charge is -2.34. The van der Waals surface area contributed by atoms with Crippen LogP contribution in [0, 0.1) is 0 Å². The Hall–Kier alpha value is -2.14. The lowest BCUT2D eigenvalue weighted by Crippen LogP contribution is -2.41. The third-order valence-corrected chi connectivity index (χ3v) is 5.07. The molecule has 1 aliphatic rings. The van der Waals surface area contributed by atoms with Gasteiger partial charge in [0.05, 0.1) is 0 Å². The summed E-state index contributed by atoms with van der Waals surface area (Å²) in [6.07, 6.45) is 8.13. The Balaban J connectivity index is 1.78. The Kier molecular flexibility index (Phi) is 4.10. The number of hydrogen-bond donors (Lipinski definition) is 1. The Labute approximate surface area is 142 Å². The van der Waals surface area contributed by atoms with E-state index in [0.717, 1.165) is 31.5 Å². The first-order valence-electron chi connectivity index (χ1n) is 8.94. The molecule has 3 aromatic rings. The molecule has 1 unspecified atom stereocenters. The highest BCUT2D eigenvalue weighted by Gasteiger charge is 2.28. The van der Waals surface area contributed by atoms with Crippen LogP contribution >= 0.6 is 0 Å². The van der Waals surface area contributed by atoms with E-state index in [1.165, 1.54) is 41.3 Å². The molecule has 0 bridgehead atoms. The summed E-state index contributed by atoms with van der Waals surface area (Å²) in [6.45, 7) is 6.84. The molecule has 4 rings (SSSR count). The molecule has 5 heteroatoms. The smallest absolute Gasteiger partial charge is 0.214 e. The number of nitrogens with zero attached hydrogens (tertiary/aromatic N) is 3. The van der Waals surface area contributed by atoms with Crippen molar-refractivity contribution in [3.63, 3.8) is 0 Å². The maximum absolute atomic E-state index is 4.98. The van der Waals surface area contributed by atoms with Crippen LogP contribution in [0.2, 0.25) is 0 Å². The van der Waals surface area contributed by atoms with Crippen LogP contribution in [-0.2, 0) is 12.8 Å². The van der Waals surface area contributed by atoms with Gasteiger partial charge in [-0.1, -0.05) is 19.0 Å². The minimum atomic E-state index is 0.546. The Morgan fingerprint density at radius 2 is 2.04 bits per heavy atom. The van der Waals surface area contributed by atoms with Crippen LogP contribution in [0.3, 0.4) is 0 Å². The molecule has 0 aliphatic heterocycles. The summed E-state index contributed by atoms with van der Waals surface area (Å²) in [5.74, 6) is 0.692. The van der Waals surface area contributed by atoms with Gasteiger partial charge in [0.1, 0.15) is 0 Å². The molecular weight excluding hydrogens is 300 g/mol. The zero-order valence-electron chi connectivity index (χ0n) is 14.4. The number of aromatic nitrogens is 3. The van der Waals surface area contributed by atoms with E-state index in [4.69, 9.17) is 4.52 Å². The molecule has 126 valence electrons. The SMILES string of the molecule is CCCN(CCC)C1Cc2c[nH]c3ccc(-c4ncon4)c(c23)C1. The molecule has 0 amide bonds. The topological polar surface area (TPSA) is 58.0 Å². The quantitative estimate of drug-likeness (QED) is 0.749. The van der Waals surface area contributed by atoms with Crippen LogP contribution in [0.15, 0.2) is 29.2 Å². The van der Waals surface area contributed by atoms with Gasteiger partial charge in [-0.25, -0.2) is 0 Å². The van der Waals surface area contributed by atoms with Gasteiger partial charge in [0.2, 0.25) is 12.2 Å².